The van der Waals surface area contributed by atoms with Crippen LogP contribution < -0.4 is 20.4 Å². The number of rotatable bonds is 11. The summed E-state index contributed by atoms with van der Waals surface area (Å²) in [5.74, 6) is 1.03. The summed E-state index contributed by atoms with van der Waals surface area (Å²) in [6, 6.07) is 21.5. The third-order valence-corrected chi connectivity index (χ3v) is 11.8. The van der Waals surface area contributed by atoms with Crippen LogP contribution in [-0.2, 0) is 18.9 Å². The minimum atomic E-state index is -1.10. The molecule has 0 radical (unpaired) electrons. The number of fused-ring (bicyclic) bond motifs is 2. The Morgan fingerprint density at radius 2 is 1.00 bits per heavy atom. The second-order valence-corrected chi connectivity index (χ2v) is 19.9. The summed E-state index contributed by atoms with van der Waals surface area (Å²) in [5, 5.41) is 25.7. The maximum atomic E-state index is 12.8. The number of nitrogens with zero attached hydrogens (tertiary/aromatic N) is 12. The predicted octanol–water partition coefficient (Wildman–Crippen LogP) is 8.79. The van der Waals surface area contributed by atoms with Gasteiger partial charge in [-0.05, 0) is 77.9 Å². The van der Waals surface area contributed by atoms with Crippen LogP contribution in [0.25, 0.3) is 44.3 Å². The van der Waals surface area contributed by atoms with E-state index in [9.17, 15) is 19.2 Å². The predicted molar refractivity (Wildman–Crippen MR) is 287 cm³/mol. The maximum Gasteiger partial charge on any atom is 0.435 e. The summed E-state index contributed by atoms with van der Waals surface area (Å²) in [4.78, 5) is 80.1. The van der Waals surface area contributed by atoms with Gasteiger partial charge >= 0.3 is 18.2 Å². The standard InChI is InChI=1S/C28H31N7O4.C26H27N7O5/c1-5-24(36)21-9-8-20(17-29-21)31-25-15-22(32-26(33-25)34-10-12-38-13-11-34)18-6-7-19-16-30-35(23(19)14-18)27(37)39-28(2,3)4;1-26(2,3)38-25(36)33-21-12-16(4-5-17(21)14-28-33)20-13-22(29-18-6-7-19(23(34)35)27-15-18)31-24(30-20)32-8-10-37-11-9-32/h6-9,14-17H,5,10-13H2,1-4H3,(H,31,32,33);4-7,12-15H,8-11H2,1-3H3,(H,34,35)(H,29,30,31). The molecule has 2 fully saturated rings. The maximum absolute atomic E-state index is 12.8. The zero-order valence-corrected chi connectivity index (χ0v) is 43.7. The van der Waals surface area contributed by atoms with E-state index < -0.39 is 29.4 Å². The molecule has 10 rings (SSSR count). The smallest absolute Gasteiger partial charge is 0.435 e. The molecule has 0 unspecified atom stereocenters. The number of benzene rings is 2. The molecule has 0 spiro atoms. The zero-order valence-electron chi connectivity index (χ0n) is 43.7. The largest absolute Gasteiger partial charge is 0.477 e. The monoisotopic (exact) mass is 1050 g/mol. The number of ketones is 1. The van der Waals surface area contributed by atoms with E-state index in [1.807, 2.05) is 75.1 Å². The molecule has 2 saturated heterocycles. The summed E-state index contributed by atoms with van der Waals surface area (Å²) in [5.41, 5.74) is 4.36. The Morgan fingerprint density at radius 3 is 1.38 bits per heavy atom. The van der Waals surface area contributed by atoms with Crippen molar-refractivity contribution in [3.05, 3.63) is 109 Å². The van der Waals surface area contributed by atoms with Crippen molar-refractivity contribution in [2.24, 2.45) is 0 Å². The number of ether oxygens (including phenoxy) is 4. The van der Waals surface area contributed by atoms with Crippen molar-refractivity contribution >= 4 is 80.7 Å². The number of aromatic nitrogens is 10. The summed E-state index contributed by atoms with van der Waals surface area (Å²) >= 11 is 0. The van der Waals surface area contributed by atoms with Crippen molar-refractivity contribution in [1.82, 2.24) is 49.5 Å². The number of carboxylic acid groups (broad SMARTS) is 1. The minimum absolute atomic E-state index is 0.0125. The van der Waals surface area contributed by atoms with Crippen LogP contribution >= 0.6 is 0 Å². The lowest BCUT2D eigenvalue weighted by molar-refractivity contribution is 0.0511. The lowest BCUT2D eigenvalue weighted by atomic mass is 10.1. The average molecular weight is 1050 g/mol. The van der Waals surface area contributed by atoms with Crippen LogP contribution in [0.3, 0.4) is 0 Å². The molecule has 2 aliphatic rings. The molecule has 6 aromatic heterocycles. The Balaban J connectivity index is 0.000000188. The van der Waals surface area contributed by atoms with Crippen LogP contribution in [-0.4, -0.2) is 142 Å². The fourth-order valence-electron chi connectivity index (χ4n) is 8.06. The number of Topliss-reactive ketones (excluding diaryl/α,β-unsaturated/α-hetero) is 1. The third kappa shape index (κ3) is 13.1. The molecule has 2 aromatic carbocycles. The second kappa shape index (κ2) is 22.5. The van der Waals surface area contributed by atoms with E-state index in [0.717, 1.165) is 21.9 Å². The van der Waals surface area contributed by atoms with Gasteiger partial charge in [-0.2, -0.15) is 29.5 Å². The third-order valence-electron chi connectivity index (χ3n) is 11.8. The number of hydrogen-bond donors (Lipinski definition) is 3. The molecule has 23 heteroatoms. The van der Waals surface area contributed by atoms with Crippen LogP contribution in [0.15, 0.2) is 97.6 Å². The molecule has 8 aromatic rings. The fraction of sp³-hybridized carbons (Fsp3) is 0.333. The molecular weight excluding hydrogens is 989 g/mol. The number of nitrogens with one attached hydrogen (secondary N) is 2. The van der Waals surface area contributed by atoms with E-state index in [-0.39, 0.29) is 11.5 Å². The molecule has 0 aliphatic carbocycles. The summed E-state index contributed by atoms with van der Waals surface area (Å²) < 4.78 is 24.5. The van der Waals surface area contributed by atoms with E-state index in [0.29, 0.717) is 122 Å². The quantitative estimate of drug-likeness (QED) is 0.102. The van der Waals surface area contributed by atoms with Gasteiger partial charge in [-0.3, -0.25) is 9.78 Å². The van der Waals surface area contributed by atoms with Crippen molar-refractivity contribution in [1.29, 1.82) is 0 Å². The van der Waals surface area contributed by atoms with Crippen LogP contribution in [0.5, 0.6) is 0 Å². The van der Waals surface area contributed by atoms with Gasteiger partial charge in [-0.15, -0.1) is 0 Å². The van der Waals surface area contributed by atoms with E-state index >= 15 is 0 Å². The first kappa shape index (κ1) is 52.9. The first-order chi connectivity index (χ1) is 36.9. The average Bonchev–Trinajstić information content (AvgIpc) is 4.09. The number of aromatic carboxylic acids is 1. The number of pyridine rings is 2. The number of carboxylic acids is 1. The topological polar surface area (TPSA) is 269 Å². The minimum Gasteiger partial charge on any atom is -0.477 e. The Labute approximate surface area is 442 Å². The van der Waals surface area contributed by atoms with Gasteiger partial charge in [0, 0.05) is 66.6 Å². The van der Waals surface area contributed by atoms with Gasteiger partial charge in [0.1, 0.15) is 34.2 Å². The van der Waals surface area contributed by atoms with Gasteiger partial charge in [0.25, 0.3) is 0 Å². The molecule has 77 heavy (non-hydrogen) atoms. The molecule has 3 N–H and O–H groups in total. The lowest BCUT2D eigenvalue weighted by Crippen LogP contribution is -2.37. The highest BCUT2D eigenvalue weighted by Gasteiger charge is 2.24. The van der Waals surface area contributed by atoms with E-state index in [2.05, 4.69) is 40.7 Å². The van der Waals surface area contributed by atoms with Crippen molar-refractivity contribution in [3.8, 4) is 22.5 Å². The summed E-state index contributed by atoms with van der Waals surface area (Å²) in [7, 11) is 0. The molecule has 23 nitrogen and oxygen atoms in total. The molecule has 0 bridgehead atoms. The number of anilines is 6. The van der Waals surface area contributed by atoms with Crippen molar-refractivity contribution in [2.75, 3.05) is 73.0 Å². The van der Waals surface area contributed by atoms with Crippen LogP contribution in [0.1, 0.15) is 75.9 Å². The van der Waals surface area contributed by atoms with E-state index in [1.54, 1.807) is 63.6 Å². The molecular formula is C54H58N14O9. The SMILES string of the molecule is CC(C)(C)OC(=O)n1ncc2ccc(-c3cc(Nc4ccc(C(=O)O)nc4)nc(N4CCOCC4)n3)cc21.CCC(=O)c1ccc(Nc2cc(-c3ccc4cnn(C(=O)OC(C)(C)C)c4c3)nc(N3CCOCC3)n2)cn1. The number of carbonyl (C=O) groups excluding carboxylic acids is 3. The Kier molecular flexibility index (Phi) is 15.4. The Bertz CT molecular complexity index is 3450. The van der Waals surface area contributed by atoms with Gasteiger partial charge in [-0.1, -0.05) is 31.2 Å². The molecule has 0 saturated carbocycles. The van der Waals surface area contributed by atoms with Crippen LogP contribution in [0.4, 0.5) is 44.5 Å². The van der Waals surface area contributed by atoms with Gasteiger partial charge in [-0.25, -0.2) is 29.3 Å². The first-order valence-electron chi connectivity index (χ1n) is 25.0. The number of hydrogen-bond acceptors (Lipinski definition) is 20. The molecule has 8 heterocycles. The Hall–Kier alpha value is -8.96. The van der Waals surface area contributed by atoms with Crippen molar-refractivity contribution in [3.63, 3.8) is 0 Å². The van der Waals surface area contributed by atoms with E-state index in [4.69, 9.17) is 39.0 Å². The summed E-state index contributed by atoms with van der Waals surface area (Å²) in [6.07, 6.45) is 5.58. The van der Waals surface area contributed by atoms with E-state index in [1.165, 1.54) is 21.6 Å². The van der Waals surface area contributed by atoms with Gasteiger partial charge in [0.15, 0.2) is 5.78 Å². The molecule has 398 valence electrons. The first-order valence-corrected chi connectivity index (χ1v) is 25.0. The molecule has 0 atom stereocenters. The number of carbonyl (C=O) groups is 4. The van der Waals surface area contributed by atoms with Crippen LogP contribution in [0, 0.1) is 0 Å². The van der Waals surface area contributed by atoms with Gasteiger partial charge < -0.3 is 44.5 Å². The van der Waals surface area contributed by atoms with Gasteiger partial charge in [0.2, 0.25) is 11.9 Å². The highest BCUT2D eigenvalue weighted by Crippen LogP contribution is 2.31. The molecule has 0 amide bonds. The Morgan fingerprint density at radius 1 is 0.571 bits per heavy atom. The highest BCUT2D eigenvalue weighted by molar-refractivity contribution is 5.94. The summed E-state index contributed by atoms with van der Waals surface area (Å²) in [6.45, 7) is 17.6. The molecule has 2 aliphatic heterocycles. The fourth-order valence-corrected chi connectivity index (χ4v) is 8.06. The zero-order chi connectivity index (χ0) is 54.4. The number of morpholine rings is 2. The van der Waals surface area contributed by atoms with Gasteiger partial charge in [0.05, 0.1) is 85.0 Å². The van der Waals surface area contributed by atoms with Crippen molar-refractivity contribution in [2.45, 2.75) is 66.1 Å². The van der Waals surface area contributed by atoms with Crippen LogP contribution in [0.2, 0.25) is 0 Å². The highest BCUT2D eigenvalue weighted by atomic mass is 16.6. The van der Waals surface area contributed by atoms with Crippen molar-refractivity contribution < 1.29 is 43.2 Å². The normalized spacial score (nSPS) is 13.9. The lowest BCUT2D eigenvalue weighted by Gasteiger charge is -2.27. The second-order valence-electron chi connectivity index (χ2n) is 19.9.